The van der Waals surface area contributed by atoms with Crippen LogP contribution in [0.3, 0.4) is 0 Å². The molecule has 0 saturated heterocycles. The molecule has 0 aliphatic heterocycles. The van der Waals surface area contributed by atoms with Gasteiger partial charge >= 0.3 is 0 Å². The molecule has 1 aromatic heterocycles. The summed E-state index contributed by atoms with van der Waals surface area (Å²) in [4.78, 5) is 26.6. The maximum absolute atomic E-state index is 13.7. The van der Waals surface area contributed by atoms with Gasteiger partial charge in [0.05, 0.1) is 19.6 Å². The molecule has 1 unspecified atom stereocenters. The highest BCUT2D eigenvalue weighted by Gasteiger charge is 2.25. The van der Waals surface area contributed by atoms with Gasteiger partial charge in [0.1, 0.15) is 5.58 Å². The lowest BCUT2D eigenvalue weighted by molar-refractivity contribution is 0.0815. The van der Waals surface area contributed by atoms with Crippen molar-refractivity contribution < 1.29 is 23.4 Å². The van der Waals surface area contributed by atoms with Gasteiger partial charge in [0, 0.05) is 11.1 Å². The fourth-order valence-electron chi connectivity index (χ4n) is 4.01. The van der Waals surface area contributed by atoms with E-state index in [9.17, 15) is 9.59 Å². The molecule has 6 heteroatoms. The molecule has 0 saturated carbocycles. The van der Waals surface area contributed by atoms with E-state index in [0.717, 1.165) is 11.1 Å². The normalized spacial score (nSPS) is 11.8. The van der Waals surface area contributed by atoms with Crippen molar-refractivity contribution >= 4 is 16.8 Å². The Balaban J connectivity index is 1.91. The molecular formula is C28H26O6. The van der Waals surface area contributed by atoms with Gasteiger partial charge in [-0.05, 0) is 56.2 Å². The predicted molar refractivity (Wildman–Crippen MR) is 131 cm³/mol. The molecule has 174 valence electrons. The average molecular weight is 459 g/mol. The van der Waals surface area contributed by atoms with E-state index in [0.29, 0.717) is 33.6 Å². The van der Waals surface area contributed by atoms with Gasteiger partial charge in [-0.3, -0.25) is 9.59 Å². The van der Waals surface area contributed by atoms with Crippen molar-refractivity contribution in [1.82, 2.24) is 0 Å². The molecule has 0 aliphatic rings. The highest BCUT2D eigenvalue weighted by atomic mass is 16.5. The zero-order valence-electron chi connectivity index (χ0n) is 19.8. The Kier molecular flexibility index (Phi) is 6.41. The van der Waals surface area contributed by atoms with E-state index in [4.69, 9.17) is 18.6 Å². The molecule has 0 aliphatic carbocycles. The lowest BCUT2D eigenvalue weighted by Gasteiger charge is -2.18. The Bertz CT molecular complexity index is 1420. The third-order valence-electron chi connectivity index (χ3n) is 5.66. The summed E-state index contributed by atoms with van der Waals surface area (Å²) in [5, 5.41) is 0.421. The van der Waals surface area contributed by atoms with E-state index in [1.54, 1.807) is 56.5 Å². The minimum absolute atomic E-state index is 0.0246. The molecule has 0 N–H and O–H groups in total. The molecule has 0 bridgehead atoms. The second kappa shape index (κ2) is 9.43. The van der Waals surface area contributed by atoms with Crippen LogP contribution in [-0.2, 0) is 0 Å². The number of hydrogen-bond donors (Lipinski definition) is 0. The number of ether oxygens (including phenoxy) is 3. The second-order valence-corrected chi connectivity index (χ2v) is 8.10. The van der Waals surface area contributed by atoms with Gasteiger partial charge in [-0.15, -0.1) is 0 Å². The maximum Gasteiger partial charge on any atom is 0.235 e. The topological polar surface area (TPSA) is 75.0 Å². The number of fused-ring (bicyclic) bond motifs is 1. The van der Waals surface area contributed by atoms with Gasteiger partial charge in [0.15, 0.2) is 23.4 Å². The molecule has 34 heavy (non-hydrogen) atoms. The molecule has 4 rings (SSSR count). The molecule has 3 aromatic carbocycles. The highest BCUT2D eigenvalue weighted by Crippen LogP contribution is 2.37. The number of methoxy groups -OCH3 is 2. The van der Waals surface area contributed by atoms with Gasteiger partial charge in [0.2, 0.25) is 17.0 Å². The number of benzene rings is 3. The number of carbonyl (C=O) groups excluding carboxylic acids is 1. The first-order valence-corrected chi connectivity index (χ1v) is 10.9. The molecule has 6 nitrogen and oxygen atoms in total. The van der Waals surface area contributed by atoms with E-state index in [2.05, 4.69) is 0 Å². The van der Waals surface area contributed by atoms with Crippen molar-refractivity contribution in [2.24, 2.45) is 0 Å². The Labute approximate surface area is 197 Å². The average Bonchev–Trinajstić information content (AvgIpc) is 2.84. The van der Waals surface area contributed by atoms with Crippen LogP contribution in [0.1, 0.15) is 28.4 Å². The van der Waals surface area contributed by atoms with Crippen LogP contribution < -0.4 is 19.6 Å². The van der Waals surface area contributed by atoms with Crippen LogP contribution in [0, 0.1) is 13.8 Å². The number of rotatable bonds is 7. The minimum Gasteiger partial charge on any atom is -0.493 e. The quantitative estimate of drug-likeness (QED) is 0.329. The van der Waals surface area contributed by atoms with Gasteiger partial charge in [-0.1, -0.05) is 36.4 Å². The molecule has 4 aromatic rings. The van der Waals surface area contributed by atoms with Crippen molar-refractivity contribution in [3.8, 4) is 28.6 Å². The zero-order valence-corrected chi connectivity index (χ0v) is 19.8. The molecule has 1 atom stereocenters. The third-order valence-corrected chi connectivity index (χ3v) is 5.66. The van der Waals surface area contributed by atoms with Crippen molar-refractivity contribution in [3.63, 3.8) is 0 Å². The van der Waals surface area contributed by atoms with Crippen LogP contribution in [0.5, 0.6) is 17.2 Å². The summed E-state index contributed by atoms with van der Waals surface area (Å²) in [5.74, 6) is 0.970. The van der Waals surface area contributed by atoms with Crippen molar-refractivity contribution in [3.05, 3.63) is 87.6 Å². The Morgan fingerprint density at radius 1 is 0.912 bits per heavy atom. The summed E-state index contributed by atoms with van der Waals surface area (Å²) in [6, 6.07) is 17.7. The number of Topliss-reactive ketones (excluding diaryl/α,β-unsaturated/α-hetero) is 1. The molecule has 0 spiro atoms. The fraction of sp³-hybridized carbons (Fsp3) is 0.214. The minimum atomic E-state index is -0.910. The number of hydrogen-bond acceptors (Lipinski definition) is 6. The SMILES string of the molecule is COc1ccc(-c2oc3cc(C)cc(C)c3c(=O)c2OC(C)C(=O)c2ccccc2)cc1OC. The predicted octanol–water partition coefficient (Wildman–Crippen LogP) is 5.74. The summed E-state index contributed by atoms with van der Waals surface area (Å²) >= 11 is 0. The van der Waals surface area contributed by atoms with Crippen LogP contribution in [-0.4, -0.2) is 26.1 Å². The lowest BCUT2D eigenvalue weighted by atomic mass is 10.0. The molecular weight excluding hydrogens is 432 g/mol. The van der Waals surface area contributed by atoms with Gasteiger partial charge in [-0.2, -0.15) is 0 Å². The first kappa shape index (κ1) is 23.1. The Morgan fingerprint density at radius 3 is 2.29 bits per heavy atom. The van der Waals surface area contributed by atoms with Gasteiger partial charge < -0.3 is 18.6 Å². The largest absolute Gasteiger partial charge is 0.493 e. The van der Waals surface area contributed by atoms with Crippen LogP contribution in [0.25, 0.3) is 22.3 Å². The standard InChI is InChI=1S/C28H26O6/c1-16-13-17(2)24-23(14-16)34-27(20-11-12-21(31-4)22(15-20)32-5)28(26(24)30)33-18(3)25(29)19-9-7-6-8-10-19/h6-15,18H,1-5H3. The van der Waals surface area contributed by atoms with E-state index in [-0.39, 0.29) is 22.7 Å². The van der Waals surface area contributed by atoms with Crippen molar-refractivity contribution in [2.75, 3.05) is 14.2 Å². The fourth-order valence-corrected chi connectivity index (χ4v) is 4.01. The van der Waals surface area contributed by atoms with E-state index < -0.39 is 6.10 Å². The zero-order chi connectivity index (χ0) is 24.4. The van der Waals surface area contributed by atoms with Crippen LogP contribution in [0.2, 0.25) is 0 Å². The smallest absolute Gasteiger partial charge is 0.235 e. The molecule has 0 amide bonds. The summed E-state index contributed by atoms with van der Waals surface area (Å²) in [7, 11) is 3.08. The molecule has 0 radical (unpaired) electrons. The van der Waals surface area contributed by atoms with E-state index in [1.165, 1.54) is 7.11 Å². The van der Waals surface area contributed by atoms with Crippen LogP contribution in [0.15, 0.2) is 69.9 Å². The van der Waals surface area contributed by atoms with Crippen LogP contribution in [0.4, 0.5) is 0 Å². The molecule has 0 fully saturated rings. The Morgan fingerprint density at radius 2 is 1.62 bits per heavy atom. The summed E-state index contributed by atoms with van der Waals surface area (Å²) in [6.45, 7) is 5.41. The number of aryl methyl sites for hydroxylation is 2. The lowest BCUT2D eigenvalue weighted by Crippen LogP contribution is -2.27. The van der Waals surface area contributed by atoms with Gasteiger partial charge in [-0.25, -0.2) is 0 Å². The third kappa shape index (κ3) is 4.27. The highest BCUT2D eigenvalue weighted by molar-refractivity contribution is 5.99. The van der Waals surface area contributed by atoms with Crippen LogP contribution >= 0.6 is 0 Å². The van der Waals surface area contributed by atoms with Crippen molar-refractivity contribution in [1.29, 1.82) is 0 Å². The number of ketones is 1. The van der Waals surface area contributed by atoms with E-state index in [1.807, 2.05) is 32.0 Å². The first-order valence-electron chi connectivity index (χ1n) is 10.9. The second-order valence-electron chi connectivity index (χ2n) is 8.10. The maximum atomic E-state index is 13.7. The summed E-state index contributed by atoms with van der Waals surface area (Å²) < 4.78 is 23.1. The molecule has 1 heterocycles. The van der Waals surface area contributed by atoms with Gasteiger partial charge in [0.25, 0.3) is 0 Å². The van der Waals surface area contributed by atoms with Crippen molar-refractivity contribution in [2.45, 2.75) is 26.9 Å². The van der Waals surface area contributed by atoms with E-state index >= 15 is 0 Å². The first-order chi connectivity index (χ1) is 16.3. The monoisotopic (exact) mass is 458 g/mol. The number of carbonyl (C=O) groups is 1. The summed E-state index contributed by atoms with van der Waals surface area (Å²) in [6.07, 6.45) is -0.910. The Hall–Kier alpha value is -4.06. The summed E-state index contributed by atoms with van der Waals surface area (Å²) in [5.41, 5.74) is 2.91.